The molecule has 178 valence electrons. The number of pyridine rings is 1. The van der Waals surface area contributed by atoms with Crippen molar-refractivity contribution in [3.8, 4) is 0 Å². The van der Waals surface area contributed by atoms with Crippen LogP contribution in [0.15, 0.2) is 77.8 Å². The molecule has 4 rings (SSSR count). The lowest BCUT2D eigenvalue weighted by Crippen LogP contribution is -2.44. The smallest absolute Gasteiger partial charge is 0.261 e. The van der Waals surface area contributed by atoms with Crippen molar-refractivity contribution in [2.45, 2.75) is 17.7 Å². The molecule has 0 aliphatic carbocycles. The van der Waals surface area contributed by atoms with Crippen LogP contribution in [0.5, 0.6) is 0 Å². The number of amides is 1. The quantitative estimate of drug-likeness (QED) is 0.408. The van der Waals surface area contributed by atoms with Crippen LogP contribution in [0.3, 0.4) is 0 Å². The lowest BCUT2D eigenvalue weighted by atomic mass is 10.1. The molecule has 9 heteroatoms. The molecule has 1 aromatic heterocycles. The van der Waals surface area contributed by atoms with E-state index in [9.17, 15) is 13.2 Å². The number of carbonyl (C=O) groups is 1. The van der Waals surface area contributed by atoms with E-state index in [1.807, 2.05) is 23.1 Å². The van der Waals surface area contributed by atoms with Crippen molar-refractivity contribution in [3.05, 3.63) is 84.1 Å². The Morgan fingerprint density at radius 2 is 1.68 bits per heavy atom. The Labute approximate surface area is 200 Å². The van der Waals surface area contributed by atoms with E-state index in [2.05, 4.69) is 32.5 Å². The van der Waals surface area contributed by atoms with Crippen LogP contribution in [-0.2, 0) is 16.4 Å². The molecule has 2 aromatic carbocycles. The summed E-state index contributed by atoms with van der Waals surface area (Å²) in [6.07, 6.45) is 3.12. The maximum absolute atomic E-state index is 13.1. The zero-order valence-electron chi connectivity index (χ0n) is 18.9. The molecule has 3 N–H and O–H groups in total. The van der Waals surface area contributed by atoms with E-state index < -0.39 is 10.0 Å². The van der Waals surface area contributed by atoms with Crippen molar-refractivity contribution in [2.24, 2.45) is 0 Å². The van der Waals surface area contributed by atoms with Gasteiger partial charge < -0.3 is 15.5 Å². The number of benzene rings is 2. The molecule has 8 nitrogen and oxygen atoms in total. The van der Waals surface area contributed by atoms with Gasteiger partial charge in [0.25, 0.3) is 15.9 Å². The van der Waals surface area contributed by atoms with Crippen LogP contribution < -0.4 is 20.3 Å². The average molecular weight is 480 g/mol. The van der Waals surface area contributed by atoms with Gasteiger partial charge in [0.1, 0.15) is 5.82 Å². The topological polar surface area (TPSA) is 103 Å². The molecule has 0 atom stereocenters. The van der Waals surface area contributed by atoms with Gasteiger partial charge in [-0.3, -0.25) is 9.52 Å². The molecule has 0 spiro atoms. The highest BCUT2D eigenvalue weighted by Gasteiger charge is 2.22. The molecular weight excluding hydrogens is 450 g/mol. The Morgan fingerprint density at radius 1 is 1.00 bits per heavy atom. The van der Waals surface area contributed by atoms with Gasteiger partial charge in [-0.25, -0.2) is 13.4 Å². The first-order valence-electron chi connectivity index (χ1n) is 11.4. The fourth-order valence-corrected chi connectivity index (χ4v) is 4.91. The maximum Gasteiger partial charge on any atom is 0.261 e. The molecule has 1 aliphatic rings. The van der Waals surface area contributed by atoms with Crippen molar-refractivity contribution in [1.29, 1.82) is 0 Å². The largest absolute Gasteiger partial charge is 0.353 e. The summed E-state index contributed by atoms with van der Waals surface area (Å²) in [5.41, 5.74) is 1.82. The standard InChI is InChI=1S/C25H29N5O3S/c31-25(27-13-7-10-20-8-3-1-4-9-20)23-18-21(19-28-24(23)30-16-14-26-15-17-30)29-34(32,33)22-11-5-2-6-12-22/h1-6,8-9,11-12,18-19,26,29H,7,10,13-17H2,(H,27,31). The lowest BCUT2D eigenvalue weighted by molar-refractivity contribution is 0.0953. The molecule has 2 heterocycles. The number of aryl methyl sites for hydroxylation is 1. The molecule has 1 amide bonds. The summed E-state index contributed by atoms with van der Waals surface area (Å²) in [5, 5.41) is 6.26. The van der Waals surface area contributed by atoms with E-state index in [4.69, 9.17) is 0 Å². The van der Waals surface area contributed by atoms with E-state index in [0.29, 0.717) is 17.9 Å². The second-order valence-corrected chi connectivity index (χ2v) is 9.78. The third-order valence-electron chi connectivity index (χ3n) is 5.60. The predicted octanol–water partition coefficient (Wildman–Crippen LogP) is 2.65. The highest BCUT2D eigenvalue weighted by Crippen LogP contribution is 2.24. The molecule has 34 heavy (non-hydrogen) atoms. The number of anilines is 2. The van der Waals surface area contributed by atoms with E-state index in [-0.39, 0.29) is 16.5 Å². The van der Waals surface area contributed by atoms with Crippen LogP contribution >= 0.6 is 0 Å². The zero-order valence-corrected chi connectivity index (χ0v) is 19.7. The number of rotatable bonds is 9. The first kappa shape index (κ1) is 23.7. The second-order valence-electron chi connectivity index (χ2n) is 8.10. The zero-order chi connectivity index (χ0) is 23.8. The van der Waals surface area contributed by atoms with Crippen molar-refractivity contribution < 1.29 is 13.2 Å². The Morgan fingerprint density at radius 3 is 2.38 bits per heavy atom. The van der Waals surface area contributed by atoms with Gasteiger partial charge in [-0.1, -0.05) is 48.5 Å². The van der Waals surface area contributed by atoms with Gasteiger partial charge in [-0.15, -0.1) is 0 Å². The van der Waals surface area contributed by atoms with Gasteiger partial charge in [-0.2, -0.15) is 0 Å². The molecule has 1 saturated heterocycles. The number of carbonyl (C=O) groups excluding carboxylic acids is 1. The fraction of sp³-hybridized carbons (Fsp3) is 0.280. The lowest BCUT2D eigenvalue weighted by Gasteiger charge is -2.30. The van der Waals surface area contributed by atoms with E-state index in [0.717, 1.165) is 39.0 Å². The number of nitrogens with one attached hydrogen (secondary N) is 3. The van der Waals surface area contributed by atoms with E-state index >= 15 is 0 Å². The first-order chi connectivity index (χ1) is 16.5. The Bertz CT molecular complexity index is 1200. The number of nitrogens with zero attached hydrogens (tertiary/aromatic N) is 2. The minimum Gasteiger partial charge on any atom is -0.353 e. The van der Waals surface area contributed by atoms with E-state index in [1.54, 1.807) is 24.3 Å². The minimum absolute atomic E-state index is 0.146. The van der Waals surface area contributed by atoms with Crippen LogP contribution in [0.4, 0.5) is 11.5 Å². The minimum atomic E-state index is -3.79. The van der Waals surface area contributed by atoms with E-state index in [1.165, 1.54) is 23.9 Å². The summed E-state index contributed by atoms with van der Waals surface area (Å²) in [5.74, 6) is 0.291. The molecule has 3 aromatic rings. The van der Waals surface area contributed by atoms with Crippen LogP contribution in [-0.4, -0.2) is 52.0 Å². The van der Waals surface area contributed by atoms with Crippen molar-refractivity contribution in [2.75, 3.05) is 42.3 Å². The summed E-state index contributed by atoms with van der Waals surface area (Å²) < 4.78 is 28.1. The third-order valence-corrected chi connectivity index (χ3v) is 7.00. The Kier molecular flexibility index (Phi) is 7.76. The van der Waals surface area contributed by atoms with Crippen LogP contribution in [0, 0.1) is 0 Å². The van der Waals surface area contributed by atoms with Gasteiger partial charge in [0.15, 0.2) is 0 Å². The Hall–Kier alpha value is -3.43. The number of aromatic nitrogens is 1. The van der Waals surface area contributed by atoms with Gasteiger partial charge in [0.05, 0.1) is 22.3 Å². The molecule has 0 radical (unpaired) electrons. The summed E-state index contributed by atoms with van der Waals surface area (Å²) in [7, 11) is -3.79. The maximum atomic E-state index is 13.1. The SMILES string of the molecule is O=C(NCCCc1ccccc1)c1cc(NS(=O)(=O)c2ccccc2)cnc1N1CCNCC1. The third kappa shape index (κ3) is 6.12. The average Bonchev–Trinajstić information content (AvgIpc) is 2.88. The summed E-state index contributed by atoms with van der Waals surface area (Å²) in [6.45, 7) is 3.53. The second kappa shape index (κ2) is 11.1. The van der Waals surface area contributed by atoms with Gasteiger partial charge in [0, 0.05) is 32.7 Å². The summed E-state index contributed by atoms with van der Waals surface area (Å²) >= 11 is 0. The van der Waals surface area contributed by atoms with Crippen LogP contribution in [0.1, 0.15) is 22.3 Å². The number of piperazine rings is 1. The van der Waals surface area contributed by atoms with Crippen molar-refractivity contribution in [3.63, 3.8) is 0 Å². The predicted molar refractivity (Wildman–Crippen MR) is 134 cm³/mol. The molecular formula is C25H29N5O3S. The number of sulfonamides is 1. The van der Waals surface area contributed by atoms with Gasteiger partial charge in [-0.05, 0) is 36.6 Å². The van der Waals surface area contributed by atoms with Gasteiger partial charge in [0.2, 0.25) is 0 Å². The first-order valence-corrected chi connectivity index (χ1v) is 12.9. The normalized spacial score (nSPS) is 13.9. The molecule has 0 bridgehead atoms. The number of hydrogen-bond donors (Lipinski definition) is 3. The fourth-order valence-electron chi connectivity index (χ4n) is 3.86. The van der Waals surface area contributed by atoms with Crippen molar-refractivity contribution >= 4 is 27.4 Å². The molecule has 1 fully saturated rings. The van der Waals surface area contributed by atoms with Gasteiger partial charge >= 0.3 is 0 Å². The monoisotopic (exact) mass is 479 g/mol. The number of hydrogen-bond acceptors (Lipinski definition) is 6. The van der Waals surface area contributed by atoms with Crippen LogP contribution in [0.25, 0.3) is 0 Å². The highest BCUT2D eigenvalue weighted by molar-refractivity contribution is 7.92. The Balaban J connectivity index is 1.50. The van der Waals surface area contributed by atoms with Crippen molar-refractivity contribution in [1.82, 2.24) is 15.6 Å². The highest BCUT2D eigenvalue weighted by atomic mass is 32.2. The summed E-state index contributed by atoms with van der Waals surface area (Å²) in [4.78, 5) is 19.8. The molecule has 0 unspecified atom stereocenters. The molecule has 0 saturated carbocycles. The molecule has 1 aliphatic heterocycles. The summed E-state index contributed by atoms with van der Waals surface area (Å²) in [6, 6.07) is 19.8. The van der Waals surface area contributed by atoms with Crippen LogP contribution in [0.2, 0.25) is 0 Å².